The molecule has 16 heteroatoms. The molecule has 0 spiro atoms. The Bertz CT molecular complexity index is 6920. The fourth-order valence-electron chi connectivity index (χ4n) is 22.9. The molecule has 7 heterocycles. The number of hydrogen-bond acceptors (Lipinski definition) is 9. The van der Waals surface area contributed by atoms with Gasteiger partial charge in [0.05, 0.1) is 46.2 Å². The van der Waals surface area contributed by atoms with E-state index in [0.29, 0.717) is 22.9 Å². The molecule has 5 unspecified atom stereocenters. The highest BCUT2D eigenvalue weighted by molar-refractivity contribution is 8.00. The lowest BCUT2D eigenvalue weighted by molar-refractivity contribution is -0.592. The van der Waals surface area contributed by atoms with Gasteiger partial charge < -0.3 is 4.90 Å². The van der Waals surface area contributed by atoms with Gasteiger partial charge in [-0.15, -0.1) is 16.5 Å². The predicted octanol–water partition coefficient (Wildman–Crippen LogP) is 37.1. The minimum Gasteiger partial charge on any atom is -0.353 e. The molecule has 12 aromatic carbocycles. The molecule has 8 aliphatic rings. The molecule has 0 amide bonds. The summed E-state index contributed by atoms with van der Waals surface area (Å²) in [6.07, 6.45) is 4.01. The lowest BCUT2D eigenvalue weighted by atomic mass is 9.63. The Labute approximate surface area is 917 Å². The molecule has 1 aliphatic carbocycles. The molecular weight excluding hydrogens is 1920 g/mol. The van der Waals surface area contributed by atoms with Crippen LogP contribution < -0.4 is 18.3 Å². The summed E-state index contributed by atoms with van der Waals surface area (Å²) >= 11 is 13.8. The van der Waals surface area contributed by atoms with E-state index in [9.17, 15) is 0 Å². The highest BCUT2D eigenvalue weighted by Gasteiger charge is 2.52. The second-order valence-corrected chi connectivity index (χ2v) is 56.3. The van der Waals surface area contributed by atoms with Gasteiger partial charge in [0.25, 0.3) is 0 Å². The zero-order chi connectivity index (χ0) is 107. The van der Waals surface area contributed by atoms with Crippen molar-refractivity contribution < 1.29 is 13.8 Å². The summed E-state index contributed by atoms with van der Waals surface area (Å²) in [7, 11) is 8.99. The average Bonchev–Trinajstić information content (AvgIpc) is 0.712. The maximum atomic E-state index is 7.09. The Morgan fingerprint density at radius 2 is 0.864 bits per heavy atom. The summed E-state index contributed by atoms with van der Waals surface area (Å²) < 4.78 is 9.96. The third-order valence-electron chi connectivity index (χ3n) is 32.3. The van der Waals surface area contributed by atoms with E-state index >= 15 is 0 Å². The first-order valence-corrected chi connectivity index (χ1v) is 60.1. The number of quaternary nitrogens is 3. The van der Waals surface area contributed by atoms with E-state index in [1.807, 2.05) is 102 Å². The molecule has 0 radical (unpaired) electrons. The minimum atomic E-state index is 0.00317. The van der Waals surface area contributed by atoms with E-state index in [1.54, 1.807) is 5.71 Å². The van der Waals surface area contributed by atoms with Crippen LogP contribution in [-0.2, 0) is 52.4 Å². The Hall–Kier alpha value is -8.54. The summed E-state index contributed by atoms with van der Waals surface area (Å²) in [5.41, 5.74) is 36.2. The molecule has 1 saturated carbocycles. The van der Waals surface area contributed by atoms with E-state index in [0.717, 1.165) is 79.9 Å². The van der Waals surface area contributed by atoms with Gasteiger partial charge in [0.15, 0.2) is 42.8 Å². The zero-order valence-corrected chi connectivity index (χ0v) is 101. The molecule has 0 N–H and O–H groups in total. The number of para-hydroxylation sites is 4. The molecule has 9 nitrogen and oxygen atoms in total. The predicted molar refractivity (Wildman–Crippen MR) is 649 cm³/mol. The van der Waals surface area contributed by atoms with Gasteiger partial charge in [-0.3, -0.25) is 13.4 Å². The van der Waals surface area contributed by atoms with Gasteiger partial charge in [-0.25, -0.2) is 14.0 Å². The van der Waals surface area contributed by atoms with Crippen molar-refractivity contribution >= 4 is 133 Å². The number of nitrogens with zero attached hydrogens (tertiary/aromatic N) is 9. The van der Waals surface area contributed by atoms with Crippen LogP contribution in [0.3, 0.4) is 0 Å². The number of aryl methyl sites for hydroxylation is 7. The molecule has 5 atom stereocenters. The van der Waals surface area contributed by atoms with Gasteiger partial charge in [0.2, 0.25) is 5.88 Å². The van der Waals surface area contributed by atoms with Crippen molar-refractivity contribution in [1.82, 2.24) is 13.4 Å². The van der Waals surface area contributed by atoms with Gasteiger partial charge >= 0.3 is 0 Å². The van der Waals surface area contributed by atoms with Gasteiger partial charge in [-0.2, -0.15) is 0 Å². The first-order valence-electron chi connectivity index (χ1n) is 53.2. The summed E-state index contributed by atoms with van der Waals surface area (Å²) in [5, 5.41) is 6.96. The standard InChI is InChI=1S/C25H36NS.C24H34NS.C20H20NS.C20H30NS.C18H21NS.C13H15N2S.C11H15N2S/c1-23(2,3)18-15-20(24(4,5)6)22-21(16-18)25(7,8)26(9,17-27-22)19-13-11-10-12-14-19;1-17-20-14-18(23(2,3)4)15-21(24(5,6)7)22(20)26-16-25(17,8)19-12-10-9-11-13-19;1-15-18-13-12-16-8-6-7-11-19(16)20(18)22-14-21(15,2)17-9-4-3-5-10-17;1-14-10-15(2)17-16(11-14)12-21(13-22-17)18-19(3,4)8-7-9-20(18,5)6;1-13-10-14(2)17-16(11-13)18(3,4)19(12-20-17)15-8-6-5-7-9-15;1-9(2)15-7-11-6-12(14-4)5-10(3)13(11)16-8-15;1-8-4-9(2)11-10(5-8)6-13(12-3)7-14-11/h10-16H,17H2,1-9H3;9-15,17H,16H2,1-8H3;3-13,15H,14H2,1-2H3;10-11H,7-9,12-13H2,1-6H3;5-11H,12H2,1-4H3;5-6H,7-8H2,1-3H3;4-5H,6-7H2,1-3H3/q4*+1;;2*+1. The monoisotopic (exact) mass is 2090 g/mol. The fourth-order valence-corrected chi connectivity index (χ4v) is 32.9. The highest BCUT2D eigenvalue weighted by atomic mass is 32.2. The highest BCUT2D eigenvalue weighted by Crippen LogP contribution is 2.56. The molecule has 0 saturated heterocycles. The average molecular weight is 2100 g/mol. The van der Waals surface area contributed by atoms with Crippen molar-refractivity contribution in [2.45, 2.75) is 333 Å². The van der Waals surface area contributed by atoms with Crippen molar-refractivity contribution in [1.29, 1.82) is 0 Å². The van der Waals surface area contributed by atoms with Crippen LogP contribution in [0.5, 0.6) is 0 Å². The van der Waals surface area contributed by atoms with Crippen LogP contribution in [0.1, 0.15) is 298 Å². The number of anilines is 1. The summed E-state index contributed by atoms with van der Waals surface area (Å²) in [4.78, 5) is 16.3. The van der Waals surface area contributed by atoms with E-state index in [4.69, 9.17) is 6.57 Å². The van der Waals surface area contributed by atoms with Crippen LogP contribution in [-0.4, -0.2) is 94.6 Å². The molecule has 776 valence electrons. The second kappa shape index (κ2) is 45.4. The number of benzene rings is 12. The normalized spacial score (nSPS) is 21.0. The third-order valence-corrected chi connectivity index (χ3v) is 41.6. The summed E-state index contributed by atoms with van der Waals surface area (Å²) in [6, 6.07) is 85.7. The Morgan fingerprint density at radius 3 is 1.39 bits per heavy atom. The number of fused-ring (bicyclic) bond motifs is 9. The Kier molecular flexibility index (Phi) is 35.2. The van der Waals surface area contributed by atoms with Crippen LogP contribution in [0.15, 0.2) is 270 Å². The number of thioether (sulfide) groups is 7. The van der Waals surface area contributed by atoms with Crippen molar-refractivity contribution in [2.75, 3.05) is 74.2 Å². The molecular formula is C131H171N9S7+6. The fraction of sp³-hybridized carbons (Fsp3) is 0.443. The Morgan fingerprint density at radius 1 is 0.415 bits per heavy atom. The van der Waals surface area contributed by atoms with Crippen molar-refractivity contribution in [3.05, 3.63) is 342 Å². The lowest BCUT2D eigenvalue weighted by Crippen LogP contribution is -2.60. The van der Waals surface area contributed by atoms with Gasteiger partial charge in [0.1, 0.15) is 58.0 Å². The summed E-state index contributed by atoms with van der Waals surface area (Å²) in [6.45, 7) is 81.8. The summed E-state index contributed by atoms with van der Waals surface area (Å²) in [5.74, 6) is 7.33. The maximum Gasteiger partial charge on any atom is 0.219 e. The molecule has 20 rings (SSSR count). The van der Waals surface area contributed by atoms with Crippen molar-refractivity contribution in [2.24, 2.45) is 15.9 Å². The molecule has 1 fully saturated rings. The van der Waals surface area contributed by atoms with E-state index in [2.05, 4.69) is 483 Å². The Balaban J connectivity index is 0.000000137. The number of azo groups is 2. The molecule has 7 aliphatic heterocycles. The number of hydrogen-bond donors (Lipinski definition) is 0. The van der Waals surface area contributed by atoms with Crippen LogP contribution in [0.4, 0.5) is 28.4 Å². The van der Waals surface area contributed by atoms with Crippen LogP contribution in [0.25, 0.3) is 15.6 Å². The van der Waals surface area contributed by atoms with E-state index in [1.165, 1.54) is 193 Å². The lowest BCUT2D eigenvalue weighted by Gasteiger charge is -2.51. The van der Waals surface area contributed by atoms with Gasteiger partial charge in [0, 0.05) is 98.0 Å². The van der Waals surface area contributed by atoms with Crippen LogP contribution in [0, 0.1) is 65.9 Å². The van der Waals surface area contributed by atoms with Crippen LogP contribution >= 0.6 is 82.3 Å². The number of rotatable bonds is 4. The molecule has 0 bridgehead atoms. The molecule has 12 aromatic rings. The maximum absolute atomic E-state index is 7.09. The van der Waals surface area contributed by atoms with E-state index in [-0.39, 0.29) is 32.7 Å². The van der Waals surface area contributed by atoms with Crippen molar-refractivity contribution in [3.8, 4) is 0 Å². The second-order valence-electron chi connectivity index (χ2n) is 49.6. The quantitative estimate of drug-likeness (QED) is 0.0978. The van der Waals surface area contributed by atoms with Gasteiger partial charge in [-0.05, 0) is 269 Å². The van der Waals surface area contributed by atoms with E-state index < -0.39 is 0 Å². The molecule has 147 heavy (non-hydrogen) atoms. The topological polar surface area (TPSA) is 29.0 Å². The van der Waals surface area contributed by atoms with Crippen LogP contribution in [0.2, 0.25) is 0 Å². The minimum absolute atomic E-state index is 0.00317. The zero-order valence-electron chi connectivity index (χ0n) is 95.7. The third kappa shape index (κ3) is 24.9. The van der Waals surface area contributed by atoms with Crippen molar-refractivity contribution in [3.63, 3.8) is 0 Å². The SMILES string of the molecule is CC(C)(C)c1cc(C(C)(C)C)c2c(c1)C(C)(C)[N+](C)(c1ccccc1)CS2.CC1c2cc(C(C)(C)C)cc(C(C)(C)C)c2SC[N+]1(C)c1ccccc1.CC1c2ccc3ccccc3c2SC[N+]1(C)c1ccccc1.CN=[N+]1CSc2c(C)cc(C)cc2C1.Cc1cc(C)c2c(c1)C(C)(C)N(c1ccccc1)CS2.Cc1cc(C)c2c(c1)C[N+](=C1C(C)(C)CCCC1(C)C)CS2.[C-]#[N+]c1cc(C)c2c(c1)C[N+](=C(C)C)CS2. The first-order chi connectivity index (χ1) is 68.9. The first kappa shape index (κ1) is 114. The largest absolute Gasteiger partial charge is 0.353 e. The van der Waals surface area contributed by atoms with Gasteiger partial charge in [-0.1, -0.05) is 356 Å². The smallest absolute Gasteiger partial charge is 0.219 e. The molecule has 0 aromatic heterocycles.